The van der Waals surface area contributed by atoms with Gasteiger partial charge in [-0.2, -0.15) is 18.4 Å². The van der Waals surface area contributed by atoms with Gasteiger partial charge in [-0.05, 0) is 36.8 Å². The van der Waals surface area contributed by atoms with Crippen LogP contribution in [-0.2, 0) is 10.9 Å². The molecule has 1 N–H and O–H groups in total. The monoisotopic (exact) mass is 378 g/mol. The van der Waals surface area contributed by atoms with Gasteiger partial charge < -0.3 is 14.7 Å². The molecule has 1 atom stereocenters. The van der Waals surface area contributed by atoms with E-state index in [1.165, 1.54) is 6.92 Å². The summed E-state index contributed by atoms with van der Waals surface area (Å²) in [7, 11) is 0. The third kappa shape index (κ3) is 4.11. The molecule has 0 radical (unpaired) electrons. The number of ether oxygens (including phenoxy) is 1. The van der Waals surface area contributed by atoms with Gasteiger partial charge in [0, 0.05) is 18.7 Å². The average Bonchev–Trinajstić information content (AvgIpc) is 2.61. The predicted octanol–water partition coefficient (Wildman–Crippen LogP) is 3.30. The van der Waals surface area contributed by atoms with Crippen LogP contribution in [0.5, 0.6) is 5.75 Å². The molecule has 6 nitrogen and oxygen atoms in total. The summed E-state index contributed by atoms with van der Waals surface area (Å²) in [5, 5.41) is 27.1. The summed E-state index contributed by atoms with van der Waals surface area (Å²) in [4.78, 5) is 1.93. The third-order valence-corrected chi connectivity index (χ3v) is 4.33. The van der Waals surface area contributed by atoms with Gasteiger partial charge in [0.15, 0.2) is 5.82 Å². The predicted molar refractivity (Wildman–Crippen MR) is 91.1 cm³/mol. The van der Waals surface area contributed by atoms with E-state index in [0.717, 1.165) is 6.07 Å². The van der Waals surface area contributed by atoms with Crippen LogP contribution in [0.4, 0.5) is 19.0 Å². The SMILES string of the molecule is Cc1cc(C(F)(F)F)cc(O)c1-c1ccc(N2CCO[C@@H](CC#N)C2)nn1. The third-order valence-electron chi connectivity index (χ3n) is 4.33. The number of aryl methyl sites for hydroxylation is 1. The van der Waals surface area contributed by atoms with Gasteiger partial charge >= 0.3 is 6.18 Å². The lowest BCUT2D eigenvalue weighted by atomic mass is 10.0. The molecule has 2 aromatic rings. The Morgan fingerprint density at radius 2 is 2.11 bits per heavy atom. The number of nitrogens with zero attached hydrogens (tertiary/aromatic N) is 4. The summed E-state index contributed by atoms with van der Waals surface area (Å²) >= 11 is 0. The van der Waals surface area contributed by atoms with Crippen molar-refractivity contribution in [2.75, 3.05) is 24.6 Å². The topological polar surface area (TPSA) is 82.3 Å². The molecular weight excluding hydrogens is 361 g/mol. The maximum Gasteiger partial charge on any atom is 0.416 e. The number of hydrogen-bond acceptors (Lipinski definition) is 6. The number of morpholine rings is 1. The number of aromatic nitrogens is 2. The van der Waals surface area contributed by atoms with Crippen molar-refractivity contribution in [3.8, 4) is 23.1 Å². The van der Waals surface area contributed by atoms with Crippen LogP contribution in [0.25, 0.3) is 11.3 Å². The highest BCUT2D eigenvalue weighted by Gasteiger charge is 2.32. The van der Waals surface area contributed by atoms with Crippen molar-refractivity contribution in [2.24, 2.45) is 0 Å². The minimum absolute atomic E-state index is 0.202. The lowest BCUT2D eigenvalue weighted by Crippen LogP contribution is -2.42. The van der Waals surface area contributed by atoms with Gasteiger partial charge in [-0.15, -0.1) is 10.2 Å². The van der Waals surface area contributed by atoms with Gasteiger partial charge in [0.25, 0.3) is 0 Å². The van der Waals surface area contributed by atoms with E-state index in [-0.39, 0.29) is 29.3 Å². The van der Waals surface area contributed by atoms with E-state index in [0.29, 0.717) is 31.6 Å². The first-order valence-electron chi connectivity index (χ1n) is 8.28. The number of phenols is 1. The van der Waals surface area contributed by atoms with E-state index in [4.69, 9.17) is 10.00 Å². The summed E-state index contributed by atoms with van der Waals surface area (Å²) in [5.74, 6) is 0.0823. The summed E-state index contributed by atoms with van der Waals surface area (Å²) in [5.41, 5.74) is -0.164. The number of phenolic OH excluding ortho intramolecular Hbond substituents is 1. The van der Waals surface area contributed by atoms with Crippen molar-refractivity contribution in [3.05, 3.63) is 35.4 Å². The second kappa shape index (κ2) is 7.40. The molecule has 1 fully saturated rings. The molecular formula is C18H17F3N4O2. The Bertz CT molecular complexity index is 839. The molecule has 2 heterocycles. The maximum atomic E-state index is 12.9. The molecule has 1 aliphatic rings. The first kappa shape index (κ1) is 18.9. The minimum atomic E-state index is -4.54. The van der Waals surface area contributed by atoms with Crippen LogP contribution < -0.4 is 4.90 Å². The summed E-state index contributed by atoms with van der Waals surface area (Å²) in [6.07, 6.45) is -4.46. The number of aromatic hydroxyl groups is 1. The van der Waals surface area contributed by atoms with Gasteiger partial charge in [0.1, 0.15) is 5.75 Å². The van der Waals surface area contributed by atoms with Gasteiger partial charge in [-0.1, -0.05) is 0 Å². The Labute approximate surface area is 153 Å². The average molecular weight is 378 g/mol. The molecule has 142 valence electrons. The molecule has 1 saturated heterocycles. The second-order valence-corrected chi connectivity index (χ2v) is 6.26. The molecule has 3 rings (SSSR count). The number of nitriles is 1. The number of benzene rings is 1. The highest BCUT2D eigenvalue weighted by atomic mass is 19.4. The van der Waals surface area contributed by atoms with E-state index in [9.17, 15) is 18.3 Å². The zero-order chi connectivity index (χ0) is 19.6. The van der Waals surface area contributed by atoms with Crippen LogP contribution in [0.1, 0.15) is 17.5 Å². The highest BCUT2D eigenvalue weighted by molar-refractivity contribution is 5.71. The molecule has 1 aromatic carbocycles. The van der Waals surface area contributed by atoms with Crippen LogP contribution in [0, 0.1) is 18.3 Å². The van der Waals surface area contributed by atoms with E-state index >= 15 is 0 Å². The minimum Gasteiger partial charge on any atom is -0.507 e. The first-order chi connectivity index (χ1) is 12.8. The van der Waals surface area contributed by atoms with E-state index in [1.54, 1.807) is 12.1 Å². The van der Waals surface area contributed by atoms with E-state index < -0.39 is 17.5 Å². The molecule has 27 heavy (non-hydrogen) atoms. The number of rotatable bonds is 3. The zero-order valence-electron chi connectivity index (χ0n) is 14.5. The lowest BCUT2D eigenvalue weighted by Gasteiger charge is -2.32. The summed E-state index contributed by atoms with van der Waals surface area (Å²) < 4.78 is 44.1. The zero-order valence-corrected chi connectivity index (χ0v) is 14.5. The molecule has 9 heteroatoms. The molecule has 0 amide bonds. The van der Waals surface area contributed by atoms with Crippen molar-refractivity contribution in [1.82, 2.24) is 10.2 Å². The van der Waals surface area contributed by atoms with E-state index in [2.05, 4.69) is 16.3 Å². The Morgan fingerprint density at radius 1 is 1.33 bits per heavy atom. The van der Waals surface area contributed by atoms with Gasteiger partial charge in [0.05, 0.1) is 36.5 Å². The van der Waals surface area contributed by atoms with Crippen molar-refractivity contribution in [2.45, 2.75) is 25.6 Å². The summed E-state index contributed by atoms with van der Waals surface area (Å²) in [6.45, 7) is 3.05. The Hall–Kier alpha value is -2.86. The largest absolute Gasteiger partial charge is 0.507 e. The van der Waals surface area contributed by atoms with Crippen molar-refractivity contribution in [3.63, 3.8) is 0 Å². The fraction of sp³-hybridized carbons (Fsp3) is 0.389. The number of halogens is 3. The Morgan fingerprint density at radius 3 is 2.70 bits per heavy atom. The van der Waals surface area contributed by atoms with Gasteiger partial charge in [-0.25, -0.2) is 0 Å². The standard InChI is InChI=1S/C18H17F3N4O2/c1-11-8-12(18(19,20)21)9-15(26)17(11)14-2-3-16(24-23-14)25-6-7-27-13(10-25)4-5-22/h2-3,8-9,13,26H,4,6-7,10H2,1H3/t13-/m0/s1. The number of hydrogen-bond donors (Lipinski definition) is 1. The van der Waals surface area contributed by atoms with Crippen LogP contribution >= 0.6 is 0 Å². The maximum absolute atomic E-state index is 12.9. The first-order valence-corrected chi connectivity index (χ1v) is 8.28. The Kier molecular flexibility index (Phi) is 5.19. The van der Waals surface area contributed by atoms with Crippen molar-refractivity contribution >= 4 is 5.82 Å². The van der Waals surface area contributed by atoms with Crippen LogP contribution in [0.2, 0.25) is 0 Å². The van der Waals surface area contributed by atoms with Crippen LogP contribution in [0.3, 0.4) is 0 Å². The highest BCUT2D eigenvalue weighted by Crippen LogP contribution is 2.38. The van der Waals surface area contributed by atoms with Gasteiger partial charge in [-0.3, -0.25) is 0 Å². The lowest BCUT2D eigenvalue weighted by molar-refractivity contribution is -0.137. The molecule has 0 aliphatic carbocycles. The fourth-order valence-electron chi connectivity index (χ4n) is 3.05. The Balaban J connectivity index is 1.85. The fourth-order valence-corrected chi connectivity index (χ4v) is 3.05. The molecule has 0 unspecified atom stereocenters. The molecule has 0 saturated carbocycles. The smallest absolute Gasteiger partial charge is 0.416 e. The van der Waals surface area contributed by atoms with Crippen LogP contribution in [-0.4, -0.2) is 41.1 Å². The second-order valence-electron chi connectivity index (χ2n) is 6.26. The molecule has 1 aromatic heterocycles. The van der Waals surface area contributed by atoms with Crippen molar-refractivity contribution < 1.29 is 23.0 Å². The number of alkyl halides is 3. The van der Waals surface area contributed by atoms with E-state index in [1.807, 2.05) is 4.90 Å². The number of anilines is 1. The van der Waals surface area contributed by atoms with Gasteiger partial charge in [0.2, 0.25) is 0 Å². The normalized spacial score (nSPS) is 17.6. The van der Waals surface area contributed by atoms with Crippen LogP contribution in [0.15, 0.2) is 24.3 Å². The van der Waals surface area contributed by atoms with Crippen molar-refractivity contribution in [1.29, 1.82) is 5.26 Å². The molecule has 0 spiro atoms. The quantitative estimate of drug-likeness (QED) is 0.883. The molecule has 0 bridgehead atoms. The summed E-state index contributed by atoms with van der Waals surface area (Å²) in [6, 6.07) is 7.02. The molecule has 1 aliphatic heterocycles.